The van der Waals surface area contributed by atoms with Crippen molar-refractivity contribution in [2.45, 2.75) is 12.8 Å². The van der Waals surface area contributed by atoms with E-state index in [0.29, 0.717) is 22.2 Å². The van der Waals surface area contributed by atoms with E-state index in [2.05, 4.69) is 5.32 Å². The Morgan fingerprint density at radius 3 is 2.65 bits per heavy atom. The fourth-order valence-corrected chi connectivity index (χ4v) is 2.28. The van der Waals surface area contributed by atoms with Crippen LogP contribution in [0.4, 0.5) is 14.5 Å². The molecule has 1 N–H and O–H groups in total. The van der Waals surface area contributed by atoms with Crippen molar-refractivity contribution in [1.29, 1.82) is 0 Å². The topological polar surface area (TPSA) is 38.3 Å². The number of hydrogen-bond donors (Lipinski definition) is 1. The third-order valence-corrected chi connectivity index (χ3v) is 3.43. The molecule has 7 heteroatoms. The predicted octanol–water partition coefficient (Wildman–Crippen LogP) is 5.07. The standard InChI is InChI=1S/C16H13Cl2F2NO2/c17-10-3-6-15(12(18)8-10)23-7-1-2-16(22)21-14-9-11(19)4-5-13(14)20/h3-6,8-9H,1-2,7H2,(H,21,22). The minimum absolute atomic E-state index is 0.0984. The van der Waals surface area contributed by atoms with Crippen LogP contribution in [-0.2, 0) is 4.79 Å². The zero-order valence-electron chi connectivity index (χ0n) is 11.9. The first kappa shape index (κ1) is 17.5. The number of anilines is 1. The van der Waals surface area contributed by atoms with Crippen LogP contribution in [0.5, 0.6) is 5.75 Å². The lowest BCUT2D eigenvalue weighted by Crippen LogP contribution is -2.14. The molecule has 0 saturated heterocycles. The average Bonchev–Trinajstić information content (AvgIpc) is 2.49. The molecule has 2 rings (SSSR count). The van der Waals surface area contributed by atoms with Crippen molar-refractivity contribution in [3.8, 4) is 5.75 Å². The molecule has 0 aliphatic rings. The molecule has 0 aliphatic carbocycles. The lowest BCUT2D eigenvalue weighted by atomic mass is 10.2. The molecule has 0 spiro atoms. The number of carbonyl (C=O) groups excluding carboxylic acids is 1. The van der Waals surface area contributed by atoms with Crippen molar-refractivity contribution in [3.05, 3.63) is 58.1 Å². The van der Waals surface area contributed by atoms with Crippen molar-refractivity contribution in [1.82, 2.24) is 0 Å². The Labute approximate surface area is 142 Å². The summed E-state index contributed by atoms with van der Waals surface area (Å²) in [7, 11) is 0. The van der Waals surface area contributed by atoms with Gasteiger partial charge in [0.2, 0.25) is 5.91 Å². The maximum absolute atomic E-state index is 13.4. The molecule has 2 aromatic rings. The summed E-state index contributed by atoms with van der Waals surface area (Å²) in [6.45, 7) is 0.250. The van der Waals surface area contributed by atoms with Crippen LogP contribution < -0.4 is 10.1 Å². The van der Waals surface area contributed by atoms with Gasteiger partial charge in [-0.1, -0.05) is 23.2 Å². The molecule has 122 valence electrons. The van der Waals surface area contributed by atoms with Crippen molar-refractivity contribution in [2.24, 2.45) is 0 Å². The average molecular weight is 360 g/mol. The normalized spacial score (nSPS) is 10.4. The van der Waals surface area contributed by atoms with Gasteiger partial charge < -0.3 is 10.1 Å². The molecular formula is C16H13Cl2F2NO2. The Kier molecular flexibility index (Phi) is 6.19. The quantitative estimate of drug-likeness (QED) is 0.731. The van der Waals surface area contributed by atoms with Crippen LogP contribution in [0.25, 0.3) is 0 Å². The van der Waals surface area contributed by atoms with Crippen molar-refractivity contribution < 1.29 is 18.3 Å². The van der Waals surface area contributed by atoms with Gasteiger partial charge in [0.1, 0.15) is 17.4 Å². The SMILES string of the molecule is O=C(CCCOc1ccc(Cl)cc1Cl)Nc1cc(F)ccc1F. The lowest BCUT2D eigenvalue weighted by molar-refractivity contribution is -0.116. The highest BCUT2D eigenvalue weighted by atomic mass is 35.5. The first-order valence-electron chi connectivity index (χ1n) is 6.78. The smallest absolute Gasteiger partial charge is 0.224 e. The van der Waals surface area contributed by atoms with Crippen molar-refractivity contribution >= 4 is 34.8 Å². The molecule has 0 bridgehead atoms. The summed E-state index contributed by atoms with van der Waals surface area (Å²) in [5.74, 6) is -1.28. The second kappa shape index (κ2) is 8.13. The molecule has 2 aromatic carbocycles. The highest BCUT2D eigenvalue weighted by Gasteiger charge is 2.08. The van der Waals surface area contributed by atoms with Gasteiger partial charge in [-0.3, -0.25) is 4.79 Å². The molecule has 0 unspecified atom stereocenters. The van der Waals surface area contributed by atoms with Gasteiger partial charge in [-0.2, -0.15) is 0 Å². The molecule has 23 heavy (non-hydrogen) atoms. The number of hydrogen-bond acceptors (Lipinski definition) is 2. The second-order valence-corrected chi connectivity index (χ2v) is 5.54. The van der Waals surface area contributed by atoms with E-state index in [-0.39, 0.29) is 18.7 Å². The first-order valence-corrected chi connectivity index (χ1v) is 7.54. The summed E-state index contributed by atoms with van der Waals surface area (Å²) >= 11 is 11.7. The maximum Gasteiger partial charge on any atom is 0.224 e. The summed E-state index contributed by atoms with van der Waals surface area (Å²) in [4.78, 5) is 11.7. The summed E-state index contributed by atoms with van der Waals surface area (Å²) in [5, 5.41) is 3.19. The molecule has 3 nitrogen and oxygen atoms in total. The van der Waals surface area contributed by atoms with Crippen LogP contribution >= 0.6 is 23.2 Å². The van der Waals surface area contributed by atoms with E-state index >= 15 is 0 Å². The van der Waals surface area contributed by atoms with Crippen LogP contribution in [0, 0.1) is 11.6 Å². The number of nitrogens with one attached hydrogen (secondary N) is 1. The van der Waals surface area contributed by atoms with E-state index in [9.17, 15) is 13.6 Å². The van der Waals surface area contributed by atoms with E-state index in [1.165, 1.54) is 0 Å². The van der Waals surface area contributed by atoms with E-state index in [1.807, 2.05) is 0 Å². The van der Waals surface area contributed by atoms with Gasteiger partial charge in [-0.25, -0.2) is 8.78 Å². The number of carbonyl (C=O) groups is 1. The highest BCUT2D eigenvalue weighted by molar-refractivity contribution is 6.35. The molecule has 0 heterocycles. The lowest BCUT2D eigenvalue weighted by Gasteiger charge is -2.09. The number of rotatable bonds is 6. The fraction of sp³-hybridized carbons (Fsp3) is 0.188. The molecule has 0 radical (unpaired) electrons. The van der Waals surface area contributed by atoms with E-state index in [1.54, 1.807) is 18.2 Å². The van der Waals surface area contributed by atoms with Crippen molar-refractivity contribution in [3.63, 3.8) is 0 Å². The zero-order chi connectivity index (χ0) is 16.8. The summed E-state index contributed by atoms with van der Waals surface area (Å²) in [6.07, 6.45) is 0.489. The van der Waals surface area contributed by atoms with Gasteiger partial charge in [0.05, 0.1) is 17.3 Å². The third-order valence-electron chi connectivity index (χ3n) is 2.90. The molecule has 1 amide bonds. The Balaban J connectivity index is 1.77. The van der Waals surface area contributed by atoms with Gasteiger partial charge in [0, 0.05) is 17.5 Å². The van der Waals surface area contributed by atoms with Crippen LogP contribution in [-0.4, -0.2) is 12.5 Å². The Hall–Kier alpha value is -1.85. The van der Waals surface area contributed by atoms with E-state index in [4.69, 9.17) is 27.9 Å². The second-order valence-electron chi connectivity index (χ2n) is 4.70. The molecular weight excluding hydrogens is 347 g/mol. The zero-order valence-corrected chi connectivity index (χ0v) is 13.4. The highest BCUT2D eigenvalue weighted by Crippen LogP contribution is 2.27. The van der Waals surface area contributed by atoms with Crippen LogP contribution in [0.1, 0.15) is 12.8 Å². The first-order chi connectivity index (χ1) is 11.0. The van der Waals surface area contributed by atoms with Gasteiger partial charge in [-0.15, -0.1) is 0 Å². The summed E-state index contributed by atoms with van der Waals surface area (Å²) in [5.41, 5.74) is -0.184. The van der Waals surface area contributed by atoms with Gasteiger partial charge in [0.25, 0.3) is 0 Å². The van der Waals surface area contributed by atoms with Gasteiger partial charge in [-0.05, 0) is 36.8 Å². The van der Waals surface area contributed by atoms with Crippen molar-refractivity contribution in [2.75, 3.05) is 11.9 Å². The minimum atomic E-state index is -0.691. The van der Waals surface area contributed by atoms with Gasteiger partial charge >= 0.3 is 0 Å². The van der Waals surface area contributed by atoms with Crippen LogP contribution in [0.3, 0.4) is 0 Å². The van der Waals surface area contributed by atoms with Gasteiger partial charge in [0.15, 0.2) is 0 Å². The molecule has 0 aromatic heterocycles. The number of benzene rings is 2. The molecule has 0 aliphatic heterocycles. The number of ether oxygens (including phenoxy) is 1. The Morgan fingerprint density at radius 2 is 1.91 bits per heavy atom. The van der Waals surface area contributed by atoms with E-state index < -0.39 is 17.5 Å². The number of amides is 1. The molecule has 0 saturated carbocycles. The largest absolute Gasteiger partial charge is 0.492 e. The predicted molar refractivity (Wildman–Crippen MR) is 86.2 cm³/mol. The minimum Gasteiger partial charge on any atom is -0.492 e. The monoisotopic (exact) mass is 359 g/mol. The van der Waals surface area contributed by atoms with E-state index in [0.717, 1.165) is 18.2 Å². The Bertz CT molecular complexity index is 710. The van der Waals surface area contributed by atoms with Crippen LogP contribution in [0.2, 0.25) is 10.0 Å². The fourth-order valence-electron chi connectivity index (χ4n) is 1.81. The number of halogens is 4. The summed E-state index contributed by atoms with van der Waals surface area (Å²) in [6, 6.07) is 7.69. The maximum atomic E-state index is 13.4. The molecule has 0 fully saturated rings. The molecule has 0 atom stereocenters. The summed E-state index contributed by atoms with van der Waals surface area (Å²) < 4.78 is 31.8. The Morgan fingerprint density at radius 1 is 1.13 bits per heavy atom. The third kappa shape index (κ3) is 5.37. The van der Waals surface area contributed by atoms with Crippen LogP contribution in [0.15, 0.2) is 36.4 Å².